The third kappa shape index (κ3) is 3.51. The molecule has 0 unspecified atom stereocenters. The van der Waals surface area contributed by atoms with Crippen molar-refractivity contribution in [1.29, 1.82) is 5.26 Å². The van der Waals surface area contributed by atoms with E-state index >= 15 is 0 Å². The second-order valence-corrected chi connectivity index (χ2v) is 5.05. The van der Waals surface area contributed by atoms with Crippen LogP contribution >= 0.6 is 0 Å². The predicted octanol–water partition coefficient (Wildman–Crippen LogP) is 4.16. The van der Waals surface area contributed by atoms with Gasteiger partial charge in [-0.05, 0) is 55.0 Å². The van der Waals surface area contributed by atoms with Crippen molar-refractivity contribution in [3.05, 3.63) is 64.7 Å². The average Bonchev–Trinajstić information content (AvgIpc) is 2.52. The van der Waals surface area contributed by atoms with Gasteiger partial charge in [-0.15, -0.1) is 0 Å². The van der Waals surface area contributed by atoms with Crippen molar-refractivity contribution in [2.45, 2.75) is 13.1 Å². The van der Waals surface area contributed by atoms with Crippen LogP contribution in [0, 0.1) is 18.3 Å². The highest BCUT2D eigenvalue weighted by Crippen LogP contribution is 2.30. The molecule has 0 aliphatic rings. The molecule has 2 aromatic rings. The highest BCUT2D eigenvalue weighted by Gasteiger charge is 2.30. The van der Waals surface area contributed by atoms with E-state index in [-0.39, 0.29) is 5.91 Å². The molecule has 0 saturated carbocycles. The number of benzene rings is 2. The second-order valence-electron chi connectivity index (χ2n) is 5.05. The average molecular weight is 318 g/mol. The van der Waals surface area contributed by atoms with Crippen LogP contribution in [-0.2, 0) is 6.18 Å². The first-order valence-electron chi connectivity index (χ1n) is 6.70. The van der Waals surface area contributed by atoms with Crippen molar-refractivity contribution >= 4 is 11.6 Å². The highest BCUT2D eigenvalue weighted by atomic mass is 19.4. The van der Waals surface area contributed by atoms with Gasteiger partial charge in [-0.1, -0.05) is 0 Å². The molecule has 0 radical (unpaired) electrons. The van der Waals surface area contributed by atoms with Gasteiger partial charge in [-0.25, -0.2) is 0 Å². The molecule has 0 bridgehead atoms. The number of nitrogens with zero attached hydrogens (tertiary/aromatic N) is 2. The Labute approximate surface area is 131 Å². The van der Waals surface area contributed by atoms with Crippen LogP contribution in [0.2, 0.25) is 0 Å². The topological polar surface area (TPSA) is 44.1 Å². The minimum atomic E-state index is -4.41. The molecule has 2 aromatic carbocycles. The molecule has 0 heterocycles. The summed E-state index contributed by atoms with van der Waals surface area (Å²) < 4.78 is 37.7. The van der Waals surface area contributed by atoms with E-state index < -0.39 is 11.7 Å². The Hall–Kier alpha value is -2.81. The largest absolute Gasteiger partial charge is 0.416 e. The molecule has 118 valence electrons. The van der Waals surface area contributed by atoms with Gasteiger partial charge in [-0.2, -0.15) is 18.4 Å². The number of hydrogen-bond donors (Lipinski definition) is 0. The van der Waals surface area contributed by atoms with E-state index in [0.717, 1.165) is 12.1 Å². The van der Waals surface area contributed by atoms with Gasteiger partial charge in [0.25, 0.3) is 5.91 Å². The van der Waals surface area contributed by atoms with E-state index in [2.05, 4.69) is 0 Å². The fraction of sp³-hybridized carbons (Fsp3) is 0.176. The zero-order valence-electron chi connectivity index (χ0n) is 12.5. The van der Waals surface area contributed by atoms with Crippen LogP contribution in [0.1, 0.15) is 27.0 Å². The maximum absolute atomic E-state index is 12.6. The number of halogens is 3. The molecule has 23 heavy (non-hydrogen) atoms. The molecule has 6 heteroatoms. The molecule has 0 aliphatic carbocycles. The zero-order chi connectivity index (χ0) is 17.2. The van der Waals surface area contributed by atoms with E-state index in [1.54, 1.807) is 19.1 Å². The molecule has 0 N–H and O–H groups in total. The van der Waals surface area contributed by atoms with Gasteiger partial charge in [0.05, 0.1) is 17.2 Å². The number of aryl methyl sites for hydroxylation is 1. The lowest BCUT2D eigenvalue weighted by Gasteiger charge is -2.18. The lowest BCUT2D eigenvalue weighted by Crippen LogP contribution is -2.26. The number of nitriles is 1. The smallest absolute Gasteiger partial charge is 0.311 e. The normalized spacial score (nSPS) is 11.0. The number of carbonyl (C=O) groups is 1. The van der Waals surface area contributed by atoms with Gasteiger partial charge >= 0.3 is 6.18 Å². The van der Waals surface area contributed by atoms with Gasteiger partial charge < -0.3 is 4.90 Å². The quantitative estimate of drug-likeness (QED) is 0.834. The number of anilines is 1. The first-order chi connectivity index (χ1) is 10.7. The van der Waals surface area contributed by atoms with Crippen LogP contribution in [0.25, 0.3) is 0 Å². The molecule has 0 aliphatic heterocycles. The monoisotopic (exact) mass is 318 g/mol. The second kappa shape index (κ2) is 6.13. The number of alkyl halides is 3. The molecule has 0 spiro atoms. The van der Waals surface area contributed by atoms with E-state index in [9.17, 15) is 18.0 Å². The molecule has 0 atom stereocenters. The van der Waals surface area contributed by atoms with Gasteiger partial charge in [0.1, 0.15) is 0 Å². The van der Waals surface area contributed by atoms with Crippen LogP contribution in [-0.4, -0.2) is 13.0 Å². The summed E-state index contributed by atoms with van der Waals surface area (Å²) in [6.07, 6.45) is -4.41. The van der Waals surface area contributed by atoms with Crippen molar-refractivity contribution in [3.8, 4) is 6.07 Å². The predicted molar refractivity (Wildman–Crippen MR) is 80.1 cm³/mol. The summed E-state index contributed by atoms with van der Waals surface area (Å²) in [6, 6.07) is 11.0. The number of amides is 1. The summed E-state index contributed by atoms with van der Waals surface area (Å²) in [5.41, 5.74) is 1.09. The summed E-state index contributed by atoms with van der Waals surface area (Å²) in [4.78, 5) is 13.7. The Kier molecular flexibility index (Phi) is 4.41. The van der Waals surface area contributed by atoms with Crippen molar-refractivity contribution < 1.29 is 18.0 Å². The van der Waals surface area contributed by atoms with Gasteiger partial charge in [0, 0.05) is 18.3 Å². The molecule has 0 saturated heterocycles. The van der Waals surface area contributed by atoms with E-state index in [1.165, 1.54) is 30.1 Å². The fourth-order valence-corrected chi connectivity index (χ4v) is 2.11. The lowest BCUT2D eigenvalue weighted by molar-refractivity contribution is -0.137. The SMILES string of the molecule is Cc1cc(C(=O)N(C)c2ccc(C(F)(F)F)cc2)ccc1C#N. The Balaban J connectivity index is 2.26. The Bertz CT molecular complexity index is 774. The van der Waals surface area contributed by atoms with Crippen LogP contribution in [0.4, 0.5) is 18.9 Å². The molecular weight excluding hydrogens is 305 g/mol. The van der Waals surface area contributed by atoms with E-state index in [4.69, 9.17) is 5.26 Å². The van der Waals surface area contributed by atoms with Crippen molar-refractivity contribution in [1.82, 2.24) is 0 Å². The number of rotatable bonds is 2. The fourth-order valence-electron chi connectivity index (χ4n) is 2.11. The first-order valence-corrected chi connectivity index (χ1v) is 6.70. The summed E-state index contributed by atoms with van der Waals surface area (Å²) in [5.74, 6) is -0.364. The van der Waals surface area contributed by atoms with Crippen molar-refractivity contribution in [2.24, 2.45) is 0 Å². The standard InChI is InChI=1S/C17H13F3N2O/c1-11-9-12(3-4-13(11)10-21)16(23)22(2)15-7-5-14(6-8-15)17(18,19)20/h3-9H,1-2H3. The van der Waals surface area contributed by atoms with Gasteiger partial charge in [-0.3, -0.25) is 4.79 Å². The summed E-state index contributed by atoms with van der Waals surface area (Å²) in [7, 11) is 1.48. The summed E-state index contributed by atoms with van der Waals surface area (Å²) in [5, 5.41) is 8.89. The molecule has 3 nitrogen and oxygen atoms in total. The molecule has 2 rings (SSSR count). The maximum Gasteiger partial charge on any atom is 0.416 e. The Morgan fingerprint density at radius 3 is 2.22 bits per heavy atom. The minimum absolute atomic E-state index is 0.352. The van der Waals surface area contributed by atoms with Gasteiger partial charge in [0.15, 0.2) is 0 Å². The van der Waals surface area contributed by atoms with Crippen LogP contribution in [0.5, 0.6) is 0 Å². The van der Waals surface area contributed by atoms with Gasteiger partial charge in [0.2, 0.25) is 0 Å². The Morgan fingerprint density at radius 2 is 1.74 bits per heavy atom. The lowest BCUT2D eigenvalue weighted by atomic mass is 10.1. The molecule has 0 fully saturated rings. The first kappa shape index (κ1) is 16.6. The van der Waals surface area contributed by atoms with Crippen molar-refractivity contribution in [3.63, 3.8) is 0 Å². The molecular formula is C17H13F3N2O. The third-order valence-corrected chi connectivity index (χ3v) is 3.48. The maximum atomic E-state index is 12.6. The van der Waals surface area contributed by atoms with Crippen molar-refractivity contribution in [2.75, 3.05) is 11.9 Å². The van der Waals surface area contributed by atoms with Crippen LogP contribution < -0.4 is 4.90 Å². The Morgan fingerprint density at radius 1 is 1.13 bits per heavy atom. The minimum Gasteiger partial charge on any atom is -0.311 e. The van der Waals surface area contributed by atoms with Crippen LogP contribution in [0.3, 0.4) is 0 Å². The molecule has 0 aromatic heterocycles. The van der Waals surface area contributed by atoms with E-state index in [0.29, 0.717) is 22.4 Å². The summed E-state index contributed by atoms with van der Waals surface area (Å²) in [6.45, 7) is 1.72. The summed E-state index contributed by atoms with van der Waals surface area (Å²) >= 11 is 0. The van der Waals surface area contributed by atoms with E-state index in [1.807, 2.05) is 6.07 Å². The number of carbonyl (C=O) groups excluding carboxylic acids is 1. The third-order valence-electron chi connectivity index (χ3n) is 3.48. The highest BCUT2D eigenvalue weighted by molar-refractivity contribution is 6.05. The number of hydrogen-bond acceptors (Lipinski definition) is 2. The van der Waals surface area contributed by atoms with Crippen LogP contribution in [0.15, 0.2) is 42.5 Å². The molecule has 1 amide bonds. The zero-order valence-corrected chi connectivity index (χ0v) is 12.5.